The second kappa shape index (κ2) is 6.06. The Balaban J connectivity index is 1.56. The van der Waals surface area contributed by atoms with Gasteiger partial charge in [0, 0.05) is 34.4 Å². The molecule has 2 aromatic heterocycles. The molecule has 5 heteroatoms. The Hall–Kier alpha value is -2.14. The molecule has 1 N–H and O–H groups in total. The number of carbonyl (C=O) groups is 1. The van der Waals surface area contributed by atoms with Crippen molar-refractivity contribution in [3.63, 3.8) is 0 Å². The van der Waals surface area contributed by atoms with Gasteiger partial charge < -0.3 is 9.72 Å². The van der Waals surface area contributed by atoms with Crippen LogP contribution in [0, 0.1) is 12.8 Å². The smallest absolute Gasteiger partial charge is 0.227 e. The molecule has 1 aliphatic rings. The number of halogens is 1. The molecule has 1 aromatic carbocycles. The second-order valence-corrected chi connectivity index (χ2v) is 7.24. The molecule has 0 radical (unpaired) electrons. The van der Waals surface area contributed by atoms with E-state index in [2.05, 4.69) is 30.6 Å². The highest BCUT2D eigenvalue weighted by Crippen LogP contribution is 2.28. The van der Waals surface area contributed by atoms with Crippen LogP contribution in [-0.4, -0.2) is 15.3 Å². The summed E-state index contributed by atoms with van der Waals surface area (Å²) in [5.74, 6) is 0.0811. The van der Waals surface area contributed by atoms with Crippen LogP contribution in [0.2, 0.25) is 0 Å². The average molecular weight is 384 g/mol. The molecule has 4 rings (SSSR count). The zero-order valence-corrected chi connectivity index (χ0v) is 15.0. The lowest BCUT2D eigenvalue weighted by Crippen LogP contribution is -2.28. The van der Waals surface area contributed by atoms with Crippen LogP contribution in [0.1, 0.15) is 23.4 Å². The van der Waals surface area contributed by atoms with E-state index in [-0.39, 0.29) is 11.8 Å². The van der Waals surface area contributed by atoms with E-state index in [1.165, 1.54) is 5.69 Å². The Morgan fingerprint density at radius 3 is 3.04 bits per heavy atom. The lowest BCUT2D eigenvalue weighted by molar-refractivity contribution is -0.120. The van der Waals surface area contributed by atoms with Gasteiger partial charge in [-0.25, -0.2) is 4.98 Å². The summed E-state index contributed by atoms with van der Waals surface area (Å²) in [5, 5.41) is 3.09. The molecule has 3 aromatic rings. The van der Waals surface area contributed by atoms with Gasteiger partial charge in [0.25, 0.3) is 0 Å². The fraction of sp³-hybridized carbons (Fsp3) is 0.263. The lowest BCUT2D eigenvalue weighted by atomic mass is 9.89. The number of amides is 1. The predicted octanol–water partition coefficient (Wildman–Crippen LogP) is 4.15. The van der Waals surface area contributed by atoms with Crippen molar-refractivity contribution in [1.82, 2.24) is 9.38 Å². The molecule has 0 saturated carbocycles. The monoisotopic (exact) mass is 383 g/mol. The van der Waals surface area contributed by atoms with Gasteiger partial charge >= 0.3 is 0 Å². The quantitative estimate of drug-likeness (QED) is 0.722. The maximum absolute atomic E-state index is 12.7. The van der Waals surface area contributed by atoms with Crippen molar-refractivity contribution < 1.29 is 4.79 Å². The number of benzene rings is 1. The maximum atomic E-state index is 12.7. The molecule has 1 unspecified atom stereocenters. The first-order chi connectivity index (χ1) is 11.6. The Kier molecular flexibility index (Phi) is 3.88. The van der Waals surface area contributed by atoms with Crippen molar-refractivity contribution in [2.24, 2.45) is 5.92 Å². The molecular formula is C19H18BrN3O. The number of aryl methyl sites for hydroxylation is 2. The van der Waals surface area contributed by atoms with Crippen LogP contribution in [0.15, 0.2) is 47.1 Å². The van der Waals surface area contributed by atoms with Gasteiger partial charge in [-0.1, -0.05) is 22.0 Å². The van der Waals surface area contributed by atoms with Crippen LogP contribution in [0.4, 0.5) is 5.69 Å². The number of pyridine rings is 1. The van der Waals surface area contributed by atoms with Crippen molar-refractivity contribution in [2.45, 2.75) is 26.2 Å². The Morgan fingerprint density at radius 2 is 2.21 bits per heavy atom. The van der Waals surface area contributed by atoms with Crippen LogP contribution < -0.4 is 5.32 Å². The van der Waals surface area contributed by atoms with E-state index < -0.39 is 0 Å². The largest absolute Gasteiger partial charge is 0.326 e. The fourth-order valence-corrected chi connectivity index (χ4v) is 3.86. The third-order valence-corrected chi connectivity index (χ3v) is 5.19. The molecule has 1 aliphatic carbocycles. The summed E-state index contributed by atoms with van der Waals surface area (Å²) in [7, 11) is 0. The number of imidazole rings is 1. The van der Waals surface area contributed by atoms with Gasteiger partial charge in [-0.3, -0.25) is 4.79 Å². The van der Waals surface area contributed by atoms with Gasteiger partial charge in [-0.05, 0) is 55.7 Å². The normalized spacial score (nSPS) is 16.8. The van der Waals surface area contributed by atoms with Crippen molar-refractivity contribution in [3.05, 3.63) is 64.0 Å². The minimum Gasteiger partial charge on any atom is -0.326 e. The van der Waals surface area contributed by atoms with Crippen molar-refractivity contribution in [2.75, 3.05) is 5.32 Å². The van der Waals surface area contributed by atoms with Crippen molar-refractivity contribution in [3.8, 4) is 0 Å². The van der Waals surface area contributed by atoms with Crippen LogP contribution >= 0.6 is 15.9 Å². The SMILES string of the molecule is Cc1cc(Br)ccc1NC(=O)C1CCc2nc3ccccn3c2C1. The van der Waals surface area contributed by atoms with E-state index in [9.17, 15) is 4.79 Å². The van der Waals surface area contributed by atoms with E-state index in [0.717, 1.165) is 46.3 Å². The molecular weight excluding hydrogens is 366 g/mol. The van der Waals surface area contributed by atoms with Gasteiger partial charge in [0.15, 0.2) is 0 Å². The number of rotatable bonds is 2. The summed E-state index contributed by atoms with van der Waals surface area (Å²) in [4.78, 5) is 17.4. The first-order valence-electron chi connectivity index (χ1n) is 8.13. The van der Waals surface area contributed by atoms with E-state index in [1.807, 2.05) is 49.5 Å². The number of carbonyl (C=O) groups excluding carboxylic acids is 1. The molecule has 24 heavy (non-hydrogen) atoms. The zero-order valence-electron chi connectivity index (χ0n) is 13.4. The van der Waals surface area contributed by atoms with Crippen LogP contribution in [0.3, 0.4) is 0 Å². The number of anilines is 1. The fourth-order valence-electron chi connectivity index (χ4n) is 3.38. The second-order valence-electron chi connectivity index (χ2n) is 6.32. The van der Waals surface area contributed by atoms with Gasteiger partial charge in [0.1, 0.15) is 5.65 Å². The van der Waals surface area contributed by atoms with E-state index in [4.69, 9.17) is 0 Å². The molecule has 0 aliphatic heterocycles. The third kappa shape index (κ3) is 2.73. The third-order valence-electron chi connectivity index (χ3n) is 4.70. The number of aromatic nitrogens is 2. The number of nitrogens with zero attached hydrogens (tertiary/aromatic N) is 2. The number of nitrogens with one attached hydrogen (secondary N) is 1. The number of fused-ring (bicyclic) bond motifs is 3. The Bertz CT molecular complexity index is 932. The van der Waals surface area contributed by atoms with E-state index >= 15 is 0 Å². The zero-order chi connectivity index (χ0) is 16.7. The molecule has 0 fully saturated rings. The van der Waals surface area contributed by atoms with Crippen LogP contribution in [-0.2, 0) is 17.6 Å². The highest BCUT2D eigenvalue weighted by Gasteiger charge is 2.28. The first kappa shape index (κ1) is 15.4. The topological polar surface area (TPSA) is 46.4 Å². The molecule has 1 atom stereocenters. The van der Waals surface area contributed by atoms with E-state index in [1.54, 1.807) is 0 Å². The van der Waals surface area contributed by atoms with Crippen molar-refractivity contribution in [1.29, 1.82) is 0 Å². The molecule has 0 spiro atoms. The molecule has 0 saturated heterocycles. The molecule has 122 valence electrons. The Morgan fingerprint density at radius 1 is 1.33 bits per heavy atom. The minimum absolute atomic E-state index is 0.0133. The molecule has 4 nitrogen and oxygen atoms in total. The van der Waals surface area contributed by atoms with Gasteiger partial charge in [-0.15, -0.1) is 0 Å². The molecule has 0 bridgehead atoms. The molecule has 1 amide bonds. The molecule has 2 heterocycles. The maximum Gasteiger partial charge on any atom is 0.227 e. The highest BCUT2D eigenvalue weighted by atomic mass is 79.9. The van der Waals surface area contributed by atoms with Crippen molar-refractivity contribution >= 4 is 33.2 Å². The summed E-state index contributed by atoms with van der Waals surface area (Å²) in [5.41, 5.74) is 5.21. The lowest BCUT2D eigenvalue weighted by Gasteiger charge is -2.22. The highest BCUT2D eigenvalue weighted by molar-refractivity contribution is 9.10. The average Bonchev–Trinajstić information content (AvgIpc) is 2.95. The first-order valence-corrected chi connectivity index (χ1v) is 8.93. The summed E-state index contributed by atoms with van der Waals surface area (Å²) < 4.78 is 3.13. The van der Waals surface area contributed by atoms with Gasteiger partial charge in [0.2, 0.25) is 5.91 Å². The van der Waals surface area contributed by atoms with Gasteiger partial charge in [-0.2, -0.15) is 0 Å². The van der Waals surface area contributed by atoms with Crippen LogP contribution in [0.25, 0.3) is 5.65 Å². The summed E-state index contributed by atoms with van der Waals surface area (Å²) in [6.07, 6.45) is 4.47. The predicted molar refractivity (Wildman–Crippen MR) is 98.2 cm³/mol. The number of hydrogen-bond acceptors (Lipinski definition) is 2. The standard InChI is InChI=1S/C19H18BrN3O/c1-12-10-14(20)6-8-15(12)22-19(24)13-5-7-16-17(11-13)23-9-3-2-4-18(23)21-16/h2-4,6,8-10,13H,5,7,11H2,1H3,(H,22,24). The van der Waals surface area contributed by atoms with Gasteiger partial charge in [0.05, 0.1) is 5.69 Å². The number of hydrogen-bond donors (Lipinski definition) is 1. The summed E-state index contributed by atoms with van der Waals surface area (Å²) in [6, 6.07) is 11.9. The minimum atomic E-state index is -0.0133. The summed E-state index contributed by atoms with van der Waals surface area (Å²) in [6.45, 7) is 2.00. The van der Waals surface area contributed by atoms with E-state index in [0.29, 0.717) is 0 Å². The van der Waals surface area contributed by atoms with Crippen LogP contribution in [0.5, 0.6) is 0 Å². The summed E-state index contributed by atoms with van der Waals surface area (Å²) >= 11 is 3.45. The Labute approximate surface area is 149 Å².